The number of benzene rings is 1. The molecule has 1 aliphatic rings. The predicted molar refractivity (Wildman–Crippen MR) is 82.0 cm³/mol. The predicted octanol–water partition coefficient (Wildman–Crippen LogP) is 3.07. The lowest BCUT2D eigenvalue weighted by molar-refractivity contribution is -0.137. The number of likely N-dealkylation sites (tertiary alicyclic amines) is 1. The maximum absolute atomic E-state index is 12.7. The number of nitrogens with zero attached hydrogens (tertiary/aromatic N) is 1. The molecule has 1 fully saturated rings. The monoisotopic (exact) mass is 338 g/mol. The van der Waals surface area contributed by atoms with Crippen molar-refractivity contribution in [1.29, 1.82) is 0 Å². The Balaban J connectivity index is 0.00000242. The number of hydrogen-bond donors (Lipinski definition) is 1. The summed E-state index contributed by atoms with van der Waals surface area (Å²) < 4.78 is 43.6. The number of ether oxygens (including phenoxy) is 1. The standard InChI is InChI=1S/C15H21F3N2O.ClH/c1-21-14-5-6-20(13(8-14)9-19)10-11-3-2-4-12(7-11)15(16,17)18;/h2-4,7,13-14H,5-6,8-10,19H2,1H3;1H. The van der Waals surface area contributed by atoms with Gasteiger partial charge in [-0.2, -0.15) is 13.2 Å². The van der Waals surface area contributed by atoms with Crippen molar-refractivity contribution in [3.8, 4) is 0 Å². The van der Waals surface area contributed by atoms with Crippen LogP contribution in [0.25, 0.3) is 0 Å². The van der Waals surface area contributed by atoms with Crippen LogP contribution in [0.4, 0.5) is 13.2 Å². The molecule has 0 aromatic heterocycles. The van der Waals surface area contributed by atoms with Gasteiger partial charge in [-0.25, -0.2) is 0 Å². The molecule has 1 heterocycles. The molecule has 2 atom stereocenters. The summed E-state index contributed by atoms with van der Waals surface area (Å²) in [6.45, 7) is 1.76. The molecule has 22 heavy (non-hydrogen) atoms. The minimum Gasteiger partial charge on any atom is -0.381 e. The molecular weight excluding hydrogens is 317 g/mol. The Morgan fingerprint density at radius 3 is 2.68 bits per heavy atom. The quantitative estimate of drug-likeness (QED) is 0.917. The van der Waals surface area contributed by atoms with Gasteiger partial charge in [-0.3, -0.25) is 4.90 Å². The van der Waals surface area contributed by atoms with Gasteiger partial charge in [0.1, 0.15) is 0 Å². The van der Waals surface area contributed by atoms with E-state index in [1.807, 2.05) is 0 Å². The molecule has 1 aliphatic heterocycles. The highest BCUT2D eigenvalue weighted by molar-refractivity contribution is 5.85. The number of hydrogen-bond acceptors (Lipinski definition) is 3. The van der Waals surface area contributed by atoms with Gasteiger partial charge >= 0.3 is 6.18 Å². The first kappa shape index (κ1) is 19.2. The van der Waals surface area contributed by atoms with E-state index >= 15 is 0 Å². The van der Waals surface area contributed by atoms with Gasteiger partial charge in [-0.05, 0) is 24.5 Å². The molecule has 0 saturated carbocycles. The average Bonchev–Trinajstić information content (AvgIpc) is 2.47. The zero-order valence-corrected chi connectivity index (χ0v) is 13.3. The van der Waals surface area contributed by atoms with Gasteiger partial charge in [-0.1, -0.05) is 18.2 Å². The normalized spacial score (nSPS) is 23.1. The molecule has 1 saturated heterocycles. The van der Waals surface area contributed by atoms with Crippen molar-refractivity contribution < 1.29 is 17.9 Å². The van der Waals surface area contributed by atoms with E-state index in [1.165, 1.54) is 12.1 Å². The molecule has 1 aromatic carbocycles. The summed E-state index contributed by atoms with van der Waals surface area (Å²) in [6, 6.07) is 5.65. The highest BCUT2D eigenvalue weighted by atomic mass is 35.5. The highest BCUT2D eigenvalue weighted by Gasteiger charge is 2.31. The van der Waals surface area contributed by atoms with Crippen molar-refractivity contribution in [1.82, 2.24) is 4.90 Å². The molecule has 0 amide bonds. The van der Waals surface area contributed by atoms with Crippen LogP contribution in [0.3, 0.4) is 0 Å². The van der Waals surface area contributed by atoms with Gasteiger partial charge in [0.25, 0.3) is 0 Å². The second kappa shape index (κ2) is 8.15. The third-order valence-electron chi connectivity index (χ3n) is 4.04. The second-order valence-corrected chi connectivity index (χ2v) is 5.44. The fraction of sp³-hybridized carbons (Fsp3) is 0.600. The van der Waals surface area contributed by atoms with E-state index in [9.17, 15) is 13.2 Å². The van der Waals surface area contributed by atoms with Gasteiger partial charge in [-0.15, -0.1) is 12.4 Å². The molecule has 3 nitrogen and oxygen atoms in total. The molecule has 0 aliphatic carbocycles. The lowest BCUT2D eigenvalue weighted by Gasteiger charge is -2.38. The number of halogens is 4. The van der Waals surface area contributed by atoms with E-state index in [0.29, 0.717) is 18.7 Å². The molecule has 2 N–H and O–H groups in total. The van der Waals surface area contributed by atoms with Crippen LogP contribution >= 0.6 is 12.4 Å². The number of rotatable bonds is 4. The molecule has 2 rings (SSSR count). The second-order valence-electron chi connectivity index (χ2n) is 5.44. The van der Waals surface area contributed by atoms with Crippen LogP contribution in [0.5, 0.6) is 0 Å². The van der Waals surface area contributed by atoms with E-state index in [4.69, 9.17) is 10.5 Å². The molecule has 1 aromatic rings. The van der Waals surface area contributed by atoms with Crippen molar-refractivity contribution in [3.05, 3.63) is 35.4 Å². The fourth-order valence-corrected chi connectivity index (χ4v) is 2.81. The smallest absolute Gasteiger partial charge is 0.381 e. The number of alkyl halides is 3. The summed E-state index contributed by atoms with van der Waals surface area (Å²) in [5.41, 5.74) is 5.85. The van der Waals surface area contributed by atoms with Crippen LogP contribution in [0.2, 0.25) is 0 Å². The van der Waals surface area contributed by atoms with Gasteiger partial charge < -0.3 is 10.5 Å². The largest absolute Gasteiger partial charge is 0.416 e. The van der Waals surface area contributed by atoms with E-state index in [2.05, 4.69) is 4.90 Å². The van der Waals surface area contributed by atoms with Crippen molar-refractivity contribution in [2.45, 2.75) is 37.7 Å². The molecule has 0 radical (unpaired) electrons. The van der Waals surface area contributed by atoms with Gasteiger partial charge in [0.15, 0.2) is 0 Å². The Labute approximate surface area is 135 Å². The Kier molecular flexibility index (Phi) is 7.12. The lowest BCUT2D eigenvalue weighted by atomic mass is 9.98. The van der Waals surface area contributed by atoms with Crippen LogP contribution in [0.1, 0.15) is 24.0 Å². The molecule has 7 heteroatoms. The highest BCUT2D eigenvalue weighted by Crippen LogP contribution is 2.30. The van der Waals surface area contributed by atoms with Crippen molar-refractivity contribution in [2.75, 3.05) is 20.2 Å². The Morgan fingerprint density at radius 2 is 2.09 bits per heavy atom. The third-order valence-corrected chi connectivity index (χ3v) is 4.04. The molecular formula is C15H22ClF3N2O. The Hall–Kier alpha value is -0.820. The van der Waals surface area contributed by atoms with Crippen LogP contribution in [0, 0.1) is 0 Å². The third kappa shape index (κ3) is 4.84. The first-order chi connectivity index (χ1) is 9.94. The summed E-state index contributed by atoms with van der Waals surface area (Å²) in [6.07, 6.45) is -2.40. The zero-order valence-electron chi connectivity index (χ0n) is 12.5. The van der Waals surface area contributed by atoms with Crippen molar-refractivity contribution in [3.63, 3.8) is 0 Å². The maximum Gasteiger partial charge on any atom is 0.416 e. The van der Waals surface area contributed by atoms with E-state index in [-0.39, 0.29) is 24.6 Å². The number of piperidine rings is 1. The first-order valence-corrected chi connectivity index (χ1v) is 7.07. The van der Waals surface area contributed by atoms with Crippen LogP contribution in [-0.2, 0) is 17.5 Å². The summed E-state index contributed by atoms with van der Waals surface area (Å²) in [4.78, 5) is 2.14. The van der Waals surface area contributed by atoms with Gasteiger partial charge in [0, 0.05) is 32.8 Å². The van der Waals surface area contributed by atoms with Crippen LogP contribution in [-0.4, -0.2) is 37.2 Å². The van der Waals surface area contributed by atoms with E-state index in [1.54, 1.807) is 13.2 Å². The van der Waals surface area contributed by atoms with E-state index in [0.717, 1.165) is 25.5 Å². The van der Waals surface area contributed by atoms with Crippen LogP contribution in [0.15, 0.2) is 24.3 Å². The lowest BCUT2D eigenvalue weighted by Crippen LogP contribution is -2.47. The summed E-state index contributed by atoms with van der Waals surface area (Å²) in [5, 5.41) is 0. The van der Waals surface area contributed by atoms with Gasteiger partial charge in [0.05, 0.1) is 11.7 Å². The summed E-state index contributed by atoms with van der Waals surface area (Å²) in [7, 11) is 1.68. The SMILES string of the molecule is COC1CCN(Cc2cccc(C(F)(F)F)c2)C(CN)C1.Cl. The Bertz CT molecular complexity index is 470. The zero-order chi connectivity index (χ0) is 15.5. The summed E-state index contributed by atoms with van der Waals surface area (Å²) >= 11 is 0. The minimum atomic E-state index is -4.30. The maximum atomic E-state index is 12.7. The van der Waals surface area contributed by atoms with Crippen molar-refractivity contribution >= 4 is 12.4 Å². The van der Waals surface area contributed by atoms with E-state index < -0.39 is 11.7 Å². The first-order valence-electron chi connectivity index (χ1n) is 7.07. The van der Waals surface area contributed by atoms with Crippen molar-refractivity contribution in [2.24, 2.45) is 5.73 Å². The minimum absolute atomic E-state index is 0. The molecule has 2 unspecified atom stereocenters. The number of methoxy groups -OCH3 is 1. The summed E-state index contributed by atoms with van der Waals surface area (Å²) in [5.74, 6) is 0. The fourth-order valence-electron chi connectivity index (χ4n) is 2.81. The molecule has 0 bridgehead atoms. The van der Waals surface area contributed by atoms with Gasteiger partial charge in [0.2, 0.25) is 0 Å². The topological polar surface area (TPSA) is 38.5 Å². The number of nitrogens with two attached hydrogens (primary N) is 1. The Morgan fingerprint density at radius 1 is 1.36 bits per heavy atom. The average molecular weight is 339 g/mol. The molecule has 0 spiro atoms. The van der Waals surface area contributed by atoms with Crippen LogP contribution < -0.4 is 5.73 Å². The molecule has 126 valence electrons.